The average molecular weight is 716 g/mol. The standard InChI is InChI=1S/C29H33IO5.HI/c1-31-29-28(34-21-24-15-9-4-10-16-24)27(33-20-23-13-7-3-8-14-23)26(25(35-29)17-18-30)32-19-22-11-5-2-6-12-22;/h2-16,25-29H,17-21H2,1H3;1H/t25-,26-,27+,28-,29+;/m1./s1. The van der Waals surface area contributed by atoms with Crippen LogP contribution in [0, 0.1) is 0 Å². The third-order valence-corrected chi connectivity index (χ3v) is 6.70. The molecule has 0 radical (unpaired) electrons. The lowest BCUT2D eigenvalue weighted by Crippen LogP contribution is -2.60. The summed E-state index contributed by atoms with van der Waals surface area (Å²) in [5, 5.41) is 0. The van der Waals surface area contributed by atoms with Crippen LogP contribution in [0.5, 0.6) is 0 Å². The molecule has 1 heterocycles. The fourth-order valence-corrected chi connectivity index (χ4v) is 4.89. The zero-order valence-corrected chi connectivity index (χ0v) is 24.9. The van der Waals surface area contributed by atoms with Gasteiger partial charge in [-0.25, -0.2) is 0 Å². The van der Waals surface area contributed by atoms with E-state index >= 15 is 0 Å². The summed E-state index contributed by atoms with van der Waals surface area (Å²) < 4.78 is 32.6. The number of halogens is 2. The molecule has 7 heteroatoms. The number of alkyl halides is 1. The van der Waals surface area contributed by atoms with Crippen LogP contribution in [-0.2, 0) is 43.5 Å². The van der Waals surface area contributed by atoms with Gasteiger partial charge in [-0.3, -0.25) is 0 Å². The molecule has 0 N–H and O–H groups in total. The molecule has 0 aromatic heterocycles. The minimum atomic E-state index is -0.552. The Bertz CT molecular complexity index is 977. The SMILES string of the molecule is CO[C@H]1O[C@H](CCI)[C@@H](OCc2ccccc2)[C@H](OCc2ccccc2)[C@H]1OCc1ccccc1.I. The highest BCUT2D eigenvalue weighted by Crippen LogP contribution is 2.32. The minimum Gasteiger partial charge on any atom is -0.368 e. The Kier molecular flexibility index (Phi) is 13.1. The molecular formula is C29H34I2O5. The van der Waals surface area contributed by atoms with E-state index in [2.05, 4.69) is 46.9 Å². The van der Waals surface area contributed by atoms with Gasteiger partial charge in [-0.15, -0.1) is 24.0 Å². The monoisotopic (exact) mass is 716 g/mol. The molecule has 0 unspecified atom stereocenters. The molecule has 0 spiro atoms. The normalized spacial score (nSPS) is 23.7. The van der Waals surface area contributed by atoms with Gasteiger partial charge >= 0.3 is 0 Å². The van der Waals surface area contributed by atoms with Crippen LogP contribution >= 0.6 is 46.6 Å². The molecule has 0 aliphatic carbocycles. The minimum absolute atomic E-state index is 0. The van der Waals surface area contributed by atoms with Crippen LogP contribution in [0.3, 0.4) is 0 Å². The summed E-state index contributed by atoms with van der Waals surface area (Å²) >= 11 is 2.38. The van der Waals surface area contributed by atoms with Gasteiger partial charge in [0.25, 0.3) is 0 Å². The fourth-order valence-electron chi connectivity index (χ4n) is 4.28. The van der Waals surface area contributed by atoms with Gasteiger partial charge in [0.15, 0.2) is 6.29 Å². The molecule has 1 saturated heterocycles. The number of hydrogen-bond donors (Lipinski definition) is 0. The third-order valence-electron chi connectivity index (χ3n) is 6.07. The summed E-state index contributed by atoms with van der Waals surface area (Å²) in [6.45, 7) is 1.36. The van der Waals surface area contributed by atoms with Gasteiger partial charge in [-0.05, 0) is 23.1 Å². The van der Waals surface area contributed by atoms with Crippen LogP contribution in [0.1, 0.15) is 23.1 Å². The van der Waals surface area contributed by atoms with Gasteiger partial charge in [0.2, 0.25) is 0 Å². The Labute approximate surface area is 245 Å². The van der Waals surface area contributed by atoms with E-state index in [-0.39, 0.29) is 42.3 Å². The first-order valence-corrected chi connectivity index (χ1v) is 13.5. The topological polar surface area (TPSA) is 46.2 Å². The first-order chi connectivity index (χ1) is 17.3. The predicted octanol–water partition coefficient (Wildman–Crippen LogP) is 6.56. The van der Waals surface area contributed by atoms with E-state index in [1.807, 2.05) is 66.7 Å². The zero-order valence-electron chi connectivity index (χ0n) is 20.4. The number of rotatable bonds is 12. The number of hydrogen-bond acceptors (Lipinski definition) is 5. The van der Waals surface area contributed by atoms with Crippen LogP contribution in [0.25, 0.3) is 0 Å². The third kappa shape index (κ3) is 8.47. The van der Waals surface area contributed by atoms with Gasteiger partial charge in [-0.2, -0.15) is 0 Å². The second-order valence-corrected chi connectivity index (χ2v) is 9.62. The van der Waals surface area contributed by atoms with Crippen LogP contribution in [0.4, 0.5) is 0 Å². The van der Waals surface area contributed by atoms with Crippen molar-refractivity contribution in [2.75, 3.05) is 11.5 Å². The van der Waals surface area contributed by atoms with Crippen molar-refractivity contribution in [2.24, 2.45) is 0 Å². The van der Waals surface area contributed by atoms with E-state index < -0.39 is 12.4 Å². The molecule has 3 aromatic carbocycles. The lowest BCUT2D eigenvalue weighted by Gasteiger charge is -2.45. The van der Waals surface area contributed by atoms with Crippen molar-refractivity contribution < 1.29 is 23.7 Å². The summed E-state index contributed by atoms with van der Waals surface area (Å²) in [7, 11) is 1.66. The zero-order chi connectivity index (χ0) is 24.3. The highest BCUT2D eigenvalue weighted by atomic mass is 127. The molecule has 4 rings (SSSR count). The summed E-state index contributed by atoms with van der Waals surface area (Å²) in [5.41, 5.74) is 3.29. The van der Waals surface area contributed by atoms with Crippen molar-refractivity contribution in [3.8, 4) is 0 Å². The summed E-state index contributed by atoms with van der Waals surface area (Å²) in [5.74, 6) is 0. The maximum absolute atomic E-state index is 6.57. The van der Waals surface area contributed by atoms with Crippen molar-refractivity contribution in [3.05, 3.63) is 108 Å². The lowest BCUT2D eigenvalue weighted by molar-refractivity contribution is -0.317. The Morgan fingerprint density at radius 2 is 1.06 bits per heavy atom. The highest BCUT2D eigenvalue weighted by Gasteiger charge is 2.48. The smallest absolute Gasteiger partial charge is 0.186 e. The van der Waals surface area contributed by atoms with Gasteiger partial charge in [0, 0.05) is 11.5 Å². The molecule has 1 aliphatic heterocycles. The molecule has 0 saturated carbocycles. The second kappa shape index (κ2) is 16.0. The van der Waals surface area contributed by atoms with Crippen molar-refractivity contribution in [1.82, 2.24) is 0 Å². The second-order valence-electron chi connectivity index (χ2n) is 8.54. The van der Waals surface area contributed by atoms with E-state index in [9.17, 15) is 0 Å². The molecule has 194 valence electrons. The van der Waals surface area contributed by atoms with Crippen molar-refractivity contribution in [3.63, 3.8) is 0 Å². The fraction of sp³-hybridized carbons (Fsp3) is 0.379. The number of methoxy groups -OCH3 is 1. The van der Waals surface area contributed by atoms with E-state index in [0.717, 1.165) is 27.5 Å². The molecule has 36 heavy (non-hydrogen) atoms. The van der Waals surface area contributed by atoms with Crippen LogP contribution in [0.15, 0.2) is 91.0 Å². The van der Waals surface area contributed by atoms with Crippen LogP contribution < -0.4 is 0 Å². The first-order valence-electron chi connectivity index (χ1n) is 12.0. The number of ether oxygens (including phenoxy) is 5. The molecule has 0 bridgehead atoms. The predicted molar refractivity (Wildman–Crippen MR) is 160 cm³/mol. The van der Waals surface area contributed by atoms with Gasteiger partial charge in [-0.1, -0.05) is 114 Å². The molecular weight excluding hydrogens is 682 g/mol. The average Bonchev–Trinajstić information content (AvgIpc) is 2.92. The molecule has 5 nitrogen and oxygen atoms in total. The van der Waals surface area contributed by atoms with Gasteiger partial charge in [0.1, 0.15) is 18.3 Å². The van der Waals surface area contributed by atoms with E-state index in [1.54, 1.807) is 7.11 Å². The Hall–Kier alpha value is -1.08. The van der Waals surface area contributed by atoms with E-state index in [1.165, 1.54) is 0 Å². The number of benzene rings is 3. The van der Waals surface area contributed by atoms with Gasteiger partial charge < -0.3 is 23.7 Å². The van der Waals surface area contributed by atoms with Crippen LogP contribution in [-0.4, -0.2) is 42.2 Å². The molecule has 5 atom stereocenters. The highest BCUT2D eigenvalue weighted by molar-refractivity contribution is 14.1. The maximum atomic E-state index is 6.57. The summed E-state index contributed by atoms with van der Waals surface area (Å²) in [4.78, 5) is 0. The first kappa shape index (κ1) is 29.5. The lowest BCUT2D eigenvalue weighted by atomic mass is 9.96. The maximum Gasteiger partial charge on any atom is 0.186 e. The van der Waals surface area contributed by atoms with E-state index in [0.29, 0.717) is 19.8 Å². The molecule has 1 aliphatic rings. The Morgan fingerprint density at radius 3 is 1.47 bits per heavy atom. The van der Waals surface area contributed by atoms with Crippen molar-refractivity contribution in [2.45, 2.75) is 56.9 Å². The Morgan fingerprint density at radius 1 is 0.639 bits per heavy atom. The molecule has 3 aromatic rings. The van der Waals surface area contributed by atoms with Crippen LogP contribution in [0.2, 0.25) is 0 Å². The largest absolute Gasteiger partial charge is 0.368 e. The molecule has 0 amide bonds. The molecule has 1 fully saturated rings. The Balaban J connectivity index is 0.00000361. The quantitative estimate of drug-likeness (QED) is 0.157. The van der Waals surface area contributed by atoms with Crippen molar-refractivity contribution >= 4 is 46.6 Å². The van der Waals surface area contributed by atoms with Gasteiger partial charge in [0.05, 0.1) is 25.9 Å². The van der Waals surface area contributed by atoms with Crippen molar-refractivity contribution in [1.29, 1.82) is 0 Å². The summed E-state index contributed by atoms with van der Waals surface area (Å²) in [6, 6.07) is 30.5. The van der Waals surface area contributed by atoms with E-state index in [4.69, 9.17) is 23.7 Å². The summed E-state index contributed by atoms with van der Waals surface area (Å²) in [6.07, 6.45) is -1.01.